The molecule has 0 aliphatic carbocycles. The van der Waals surface area contributed by atoms with Gasteiger partial charge >= 0.3 is 5.97 Å². The largest absolute Gasteiger partial charge is 0.427 e. The van der Waals surface area contributed by atoms with E-state index in [1.165, 1.54) is 32.1 Å². The Kier molecular flexibility index (Phi) is 7.91. The number of unbranched alkanes of at least 4 members (excludes halogenated alkanes) is 6. The lowest BCUT2D eigenvalue weighted by Gasteiger charge is -2.04. The molecule has 0 aliphatic heterocycles. The molecule has 1 aromatic rings. The molecule has 0 unspecified atom stereocenters. The third-order valence-electron chi connectivity index (χ3n) is 3.14. The Bertz CT molecular complexity index is 360. The van der Waals surface area contributed by atoms with Crippen molar-refractivity contribution >= 4 is 11.7 Å². The molecule has 3 N–H and O–H groups in total. The Hall–Kier alpha value is -1.35. The average molecular weight is 264 g/mol. The van der Waals surface area contributed by atoms with E-state index in [0.29, 0.717) is 12.2 Å². The maximum absolute atomic E-state index is 11.6. The number of rotatable bonds is 9. The number of hydrogen-bond donors (Lipinski definition) is 1. The molecule has 0 saturated carbocycles. The zero-order chi connectivity index (χ0) is 13.9. The molecule has 0 radical (unpaired) electrons. The fourth-order valence-corrected chi connectivity index (χ4v) is 1.97. The van der Waals surface area contributed by atoms with E-state index in [0.717, 1.165) is 18.5 Å². The quantitative estimate of drug-likeness (QED) is 0.421. The summed E-state index contributed by atoms with van der Waals surface area (Å²) in [5.74, 6) is 0.478. The summed E-state index contributed by atoms with van der Waals surface area (Å²) in [4.78, 5) is 11.6. The summed E-state index contributed by atoms with van der Waals surface area (Å²) >= 11 is 0. The van der Waals surface area contributed by atoms with Crippen LogP contribution in [0.1, 0.15) is 58.3 Å². The Labute approximate surface area is 116 Å². The lowest BCUT2D eigenvalue weighted by atomic mass is 10.1. The van der Waals surface area contributed by atoms with Crippen molar-refractivity contribution in [2.45, 2.75) is 58.3 Å². The maximum atomic E-state index is 11.6. The third kappa shape index (κ3) is 7.62. The zero-order valence-electron chi connectivity index (χ0n) is 12.0. The van der Waals surface area contributed by atoms with Crippen molar-refractivity contribution in [1.82, 2.24) is 0 Å². The van der Waals surface area contributed by atoms with Crippen LogP contribution in [0.15, 0.2) is 24.3 Å². The minimum absolute atomic E-state index is 0.134. The Morgan fingerprint density at radius 1 is 1.00 bits per heavy atom. The molecule has 3 heteroatoms. The van der Waals surface area contributed by atoms with Crippen LogP contribution in [0.5, 0.6) is 5.75 Å². The normalized spacial score (nSPS) is 10.4. The predicted molar refractivity (Wildman–Crippen MR) is 77.2 cm³/mol. The minimum atomic E-state index is -0.134. The molecule has 1 rings (SSSR count). The number of quaternary nitrogens is 1. The van der Waals surface area contributed by atoms with E-state index in [9.17, 15) is 4.79 Å². The molecule has 19 heavy (non-hydrogen) atoms. The first-order valence-corrected chi connectivity index (χ1v) is 7.35. The number of ether oxygens (including phenoxy) is 1. The van der Waals surface area contributed by atoms with E-state index in [1.807, 2.05) is 12.1 Å². The minimum Gasteiger partial charge on any atom is -0.427 e. The third-order valence-corrected chi connectivity index (χ3v) is 3.14. The van der Waals surface area contributed by atoms with Crippen molar-refractivity contribution in [1.29, 1.82) is 0 Å². The zero-order valence-corrected chi connectivity index (χ0v) is 12.0. The number of benzene rings is 1. The van der Waals surface area contributed by atoms with Gasteiger partial charge in [0.25, 0.3) is 0 Å². The van der Waals surface area contributed by atoms with Gasteiger partial charge < -0.3 is 10.5 Å². The second-order valence-electron chi connectivity index (χ2n) is 4.99. The van der Waals surface area contributed by atoms with Crippen molar-refractivity contribution in [2.24, 2.45) is 0 Å². The lowest BCUT2D eigenvalue weighted by molar-refractivity contribution is -0.254. The molecular formula is C16H26NO2+. The smallest absolute Gasteiger partial charge is 0.311 e. The van der Waals surface area contributed by atoms with E-state index in [-0.39, 0.29) is 5.97 Å². The summed E-state index contributed by atoms with van der Waals surface area (Å²) in [6.07, 6.45) is 8.99. The second kappa shape index (κ2) is 9.56. The molecule has 1 aromatic carbocycles. The molecule has 0 bridgehead atoms. The van der Waals surface area contributed by atoms with Gasteiger partial charge in [0.1, 0.15) is 11.4 Å². The van der Waals surface area contributed by atoms with E-state index in [2.05, 4.69) is 12.7 Å². The standard InChI is InChI=1S/C16H25NO2/c1-2-3-4-5-6-7-8-9-16(18)19-15-12-10-14(17)11-13-15/h10-13H,2-9,17H2,1H3/p+1. The summed E-state index contributed by atoms with van der Waals surface area (Å²) in [6, 6.07) is 7.25. The molecule has 0 heterocycles. The highest BCUT2D eigenvalue weighted by Gasteiger charge is 2.04. The van der Waals surface area contributed by atoms with Crippen LogP contribution in [0.3, 0.4) is 0 Å². The van der Waals surface area contributed by atoms with Gasteiger partial charge in [0.05, 0.1) is 0 Å². The van der Waals surface area contributed by atoms with Gasteiger partial charge in [-0.2, -0.15) is 0 Å². The van der Waals surface area contributed by atoms with Gasteiger partial charge in [-0.25, -0.2) is 0 Å². The SMILES string of the molecule is CCCCCCCCCC(=O)Oc1ccc([NH3+])cc1. The number of carbonyl (C=O) groups excluding carboxylic acids is 1. The monoisotopic (exact) mass is 264 g/mol. The van der Waals surface area contributed by atoms with Crippen molar-refractivity contribution in [3.8, 4) is 5.75 Å². The highest BCUT2D eigenvalue weighted by molar-refractivity contribution is 5.72. The van der Waals surface area contributed by atoms with Gasteiger partial charge in [-0.3, -0.25) is 4.79 Å². The summed E-state index contributed by atoms with van der Waals surface area (Å²) in [7, 11) is 0. The lowest BCUT2D eigenvalue weighted by Crippen LogP contribution is -2.39. The molecule has 0 saturated heterocycles. The molecule has 106 valence electrons. The Balaban J connectivity index is 2.06. The van der Waals surface area contributed by atoms with Crippen LogP contribution in [0.2, 0.25) is 0 Å². The number of esters is 1. The predicted octanol–water partition coefficient (Wildman–Crippen LogP) is 3.61. The molecule has 0 amide bonds. The summed E-state index contributed by atoms with van der Waals surface area (Å²) in [6.45, 7) is 2.22. The van der Waals surface area contributed by atoms with Crippen LogP contribution in [-0.2, 0) is 4.79 Å². The Morgan fingerprint density at radius 3 is 2.21 bits per heavy atom. The fourth-order valence-electron chi connectivity index (χ4n) is 1.97. The molecule has 0 spiro atoms. The van der Waals surface area contributed by atoms with Gasteiger partial charge in [-0.15, -0.1) is 0 Å². The summed E-state index contributed by atoms with van der Waals surface area (Å²) < 4.78 is 5.25. The highest BCUT2D eigenvalue weighted by atomic mass is 16.5. The van der Waals surface area contributed by atoms with Crippen molar-refractivity contribution in [2.75, 3.05) is 0 Å². The number of hydrogen-bond acceptors (Lipinski definition) is 2. The van der Waals surface area contributed by atoms with Crippen molar-refractivity contribution < 1.29 is 15.3 Å². The maximum Gasteiger partial charge on any atom is 0.311 e. The van der Waals surface area contributed by atoms with Gasteiger partial charge in [0, 0.05) is 18.6 Å². The average Bonchev–Trinajstić information content (AvgIpc) is 2.40. The second-order valence-corrected chi connectivity index (χ2v) is 4.99. The number of carbonyl (C=O) groups is 1. The van der Waals surface area contributed by atoms with Gasteiger partial charge in [-0.1, -0.05) is 45.4 Å². The van der Waals surface area contributed by atoms with E-state index in [4.69, 9.17) is 4.74 Å². The van der Waals surface area contributed by atoms with Crippen LogP contribution in [0.25, 0.3) is 0 Å². The summed E-state index contributed by atoms with van der Waals surface area (Å²) in [5, 5.41) is 0. The van der Waals surface area contributed by atoms with Gasteiger partial charge in [0.15, 0.2) is 0 Å². The van der Waals surface area contributed by atoms with Gasteiger partial charge in [-0.05, 0) is 18.6 Å². The summed E-state index contributed by atoms with van der Waals surface area (Å²) in [5.41, 5.74) is 4.71. The fraction of sp³-hybridized carbons (Fsp3) is 0.562. The first kappa shape index (κ1) is 15.7. The molecule has 0 atom stereocenters. The van der Waals surface area contributed by atoms with Crippen molar-refractivity contribution in [3.63, 3.8) is 0 Å². The topological polar surface area (TPSA) is 53.9 Å². The van der Waals surface area contributed by atoms with E-state index < -0.39 is 0 Å². The first-order chi connectivity index (χ1) is 9.22. The van der Waals surface area contributed by atoms with Crippen LogP contribution in [-0.4, -0.2) is 5.97 Å². The van der Waals surface area contributed by atoms with Crippen LogP contribution in [0, 0.1) is 0 Å². The van der Waals surface area contributed by atoms with Crippen LogP contribution in [0.4, 0.5) is 5.69 Å². The Morgan fingerprint density at radius 2 is 1.58 bits per heavy atom. The van der Waals surface area contributed by atoms with Crippen LogP contribution < -0.4 is 10.5 Å². The molecule has 0 fully saturated rings. The van der Waals surface area contributed by atoms with Gasteiger partial charge in [0.2, 0.25) is 0 Å². The molecule has 0 aromatic heterocycles. The van der Waals surface area contributed by atoms with Crippen LogP contribution >= 0.6 is 0 Å². The highest BCUT2D eigenvalue weighted by Crippen LogP contribution is 2.14. The molecular weight excluding hydrogens is 238 g/mol. The molecule has 3 nitrogen and oxygen atoms in total. The van der Waals surface area contributed by atoms with E-state index in [1.54, 1.807) is 12.1 Å². The van der Waals surface area contributed by atoms with Crippen molar-refractivity contribution in [3.05, 3.63) is 24.3 Å². The van der Waals surface area contributed by atoms with E-state index >= 15 is 0 Å². The molecule has 0 aliphatic rings. The first-order valence-electron chi connectivity index (χ1n) is 7.35.